The Morgan fingerprint density at radius 2 is 0.520 bits per heavy atom. The van der Waals surface area contributed by atoms with Crippen LogP contribution in [-0.2, 0) is 65.4 Å². The summed E-state index contributed by atoms with van der Waals surface area (Å²) in [5.41, 5.74) is 0. The van der Waals surface area contributed by atoms with Gasteiger partial charge in [-0.2, -0.15) is 0 Å². The van der Waals surface area contributed by atoms with Gasteiger partial charge in [0.15, 0.2) is 12.2 Å². The van der Waals surface area contributed by atoms with Crippen molar-refractivity contribution in [1.29, 1.82) is 0 Å². The summed E-state index contributed by atoms with van der Waals surface area (Å²) >= 11 is 0. The summed E-state index contributed by atoms with van der Waals surface area (Å²) in [7, 11) is -9.97. The Morgan fingerprint density at radius 1 is 0.290 bits per heavy atom. The molecule has 0 aromatic heterocycles. The number of hydrogen-bond acceptors (Lipinski definition) is 15. The highest BCUT2D eigenvalue weighted by atomic mass is 31.2. The lowest BCUT2D eigenvalue weighted by Crippen LogP contribution is -2.30. The number of aliphatic hydroxyl groups excluding tert-OH is 1. The van der Waals surface area contributed by atoms with Crippen LogP contribution in [0.25, 0.3) is 0 Å². The van der Waals surface area contributed by atoms with E-state index in [4.69, 9.17) is 37.0 Å². The number of aliphatic hydroxyl groups is 1. The van der Waals surface area contributed by atoms with Gasteiger partial charge in [-0.25, -0.2) is 9.13 Å². The van der Waals surface area contributed by atoms with Crippen molar-refractivity contribution in [2.24, 2.45) is 0 Å². The van der Waals surface area contributed by atoms with Crippen molar-refractivity contribution in [2.45, 2.75) is 329 Å². The molecule has 17 nitrogen and oxygen atoms in total. The average molecular weight is 1450 g/mol. The van der Waals surface area contributed by atoms with Crippen molar-refractivity contribution < 1.29 is 80.2 Å². The van der Waals surface area contributed by atoms with Gasteiger partial charge in [-0.15, -0.1) is 0 Å². The van der Waals surface area contributed by atoms with Crippen LogP contribution in [0, 0.1) is 0 Å². The molecule has 0 aliphatic carbocycles. The molecule has 0 rings (SSSR count). The fourth-order valence-corrected chi connectivity index (χ4v) is 11.7. The van der Waals surface area contributed by atoms with Crippen LogP contribution in [0.4, 0.5) is 0 Å². The number of esters is 4. The van der Waals surface area contributed by atoms with Gasteiger partial charge in [0.25, 0.3) is 0 Å². The number of hydrogen-bond donors (Lipinski definition) is 3. The number of unbranched alkanes of at least 4 members (excludes halogenated alkanes) is 26. The highest BCUT2D eigenvalue weighted by Crippen LogP contribution is 2.45. The smallest absolute Gasteiger partial charge is 0.462 e. The Bertz CT molecular complexity index is 2370. The van der Waals surface area contributed by atoms with Gasteiger partial charge in [-0.05, 0) is 128 Å². The zero-order chi connectivity index (χ0) is 73.2. The normalized spacial score (nSPS) is 14.6. The van der Waals surface area contributed by atoms with Gasteiger partial charge in [0.2, 0.25) is 0 Å². The number of rotatable bonds is 72. The van der Waals surface area contributed by atoms with E-state index in [2.05, 4.69) is 149 Å². The molecule has 0 aromatic rings. The van der Waals surface area contributed by atoms with Gasteiger partial charge in [0.1, 0.15) is 19.3 Å². The molecule has 3 N–H and O–H groups in total. The number of ether oxygens (including phenoxy) is 4. The maximum atomic E-state index is 13.1. The molecule has 0 spiro atoms. The molecule has 0 amide bonds. The summed E-state index contributed by atoms with van der Waals surface area (Å²) in [4.78, 5) is 72.9. The number of phosphoric ester groups is 2. The van der Waals surface area contributed by atoms with Crippen LogP contribution in [0.5, 0.6) is 0 Å². The van der Waals surface area contributed by atoms with Gasteiger partial charge in [-0.1, -0.05) is 278 Å². The highest BCUT2D eigenvalue weighted by Gasteiger charge is 2.30. The molecule has 574 valence electrons. The topological polar surface area (TPSA) is 237 Å². The summed E-state index contributed by atoms with van der Waals surface area (Å²) in [6.45, 7) is 4.47. The predicted octanol–water partition coefficient (Wildman–Crippen LogP) is 22.3. The van der Waals surface area contributed by atoms with Crippen LogP contribution in [0.15, 0.2) is 122 Å². The van der Waals surface area contributed by atoms with Crippen LogP contribution in [0.3, 0.4) is 0 Å². The minimum atomic E-state index is -4.99. The van der Waals surface area contributed by atoms with Crippen molar-refractivity contribution in [3.05, 3.63) is 122 Å². The van der Waals surface area contributed by atoms with Crippen LogP contribution < -0.4 is 0 Å². The van der Waals surface area contributed by atoms with Gasteiger partial charge in [0.05, 0.1) is 26.4 Å². The van der Waals surface area contributed by atoms with Crippen molar-refractivity contribution in [3.63, 3.8) is 0 Å². The second-order valence-electron chi connectivity index (χ2n) is 25.5. The van der Waals surface area contributed by atoms with Gasteiger partial charge in [0, 0.05) is 25.7 Å². The molecule has 0 saturated heterocycles. The van der Waals surface area contributed by atoms with Crippen molar-refractivity contribution in [3.8, 4) is 0 Å². The molecule has 5 unspecified atom stereocenters. The summed E-state index contributed by atoms with van der Waals surface area (Å²) in [5.74, 6) is -2.25. The van der Waals surface area contributed by atoms with E-state index in [1.807, 2.05) is 0 Å². The maximum Gasteiger partial charge on any atom is 0.472 e. The fourth-order valence-electron chi connectivity index (χ4n) is 10.1. The first kappa shape index (κ1) is 95.5. The van der Waals surface area contributed by atoms with Gasteiger partial charge >= 0.3 is 39.5 Å². The monoisotopic (exact) mass is 1440 g/mol. The predicted molar refractivity (Wildman–Crippen MR) is 408 cm³/mol. The average Bonchev–Trinajstić information content (AvgIpc) is 1.01. The maximum absolute atomic E-state index is 13.1. The number of allylic oxidation sites excluding steroid dienone is 20. The van der Waals surface area contributed by atoms with Crippen molar-refractivity contribution in [2.75, 3.05) is 39.6 Å². The highest BCUT2D eigenvalue weighted by molar-refractivity contribution is 7.47. The lowest BCUT2D eigenvalue weighted by atomic mass is 10.0. The Morgan fingerprint density at radius 3 is 0.820 bits per heavy atom. The van der Waals surface area contributed by atoms with E-state index in [0.717, 1.165) is 167 Å². The summed E-state index contributed by atoms with van der Waals surface area (Å²) in [6.07, 6.45) is 79.0. The minimum absolute atomic E-state index is 0.0687. The molecule has 5 atom stereocenters. The molecule has 100 heavy (non-hydrogen) atoms. The third-order valence-electron chi connectivity index (χ3n) is 15.9. The molecule has 0 aliphatic heterocycles. The second kappa shape index (κ2) is 72.8. The molecule has 0 aliphatic rings. The van der Waals surface area contributed by atoms with E-state index < -0.39 is 97.5 Å². The molecule has 0 bridgehead atoms. The van der Waals surface area contributed by atoms with Gasteiger partial charge < -0.3 is 33.8 Å². The summed E-state index contributed by atoms with van der Waals surface area (Å²) < 4.78 is 68.5. The van der Waals surface area contributed by atoms with Crippen molar-refractivity contribution in [1.82, 2.24) is 0 Å². The first-order valence-electron chi connectivity index (χ1n) is 38.8. The van der Waals surface area contributed by atoms with E-state index in [0.29, 0.717) is 25.7 Å². The molecular formula is C81H138O17P2. The molecule has 0 fully saturated rings. The molecular weight excluding hydrogens is 1310 g/mol. The first-order chi connectivity index (χ1) is 48.7. The Labute approximate surface area is 606 Å². The number of carbonyl (C=O) groups excluding carboxylic acids is 4. The quantitative estimate of drug-likeness (QED) is 0.0169. The Balaban J connectivity index is 5.41. The third-order valence-corrected chi connectivity index (χ3v) is 17.8. The molecule has 0 radical (unpaired) electrons. The second-order valence-corrected chi connectivity index (χ2v) is 28.4. The Hall–Kier alpha value is -4.54. The summed E-state index contributed by atoms with van der Waals surface area (Å²) in [5, 5.41) is 10.6. The zero-order valence-corrected chi connectivity index (χ0v) is 64.4. The number of phosphoric acid groups is 2. The van der Waals surface area contributed by atoms with E-state index in [1.165, 1.54) is 64.2 Å². The number of carbonyl (C=O) groups is 4. The SMILES string of the molecule is CC/C=C\C/C=C\C/C=C\C/C=C\CCCCC(=O)OCC(COP(=O)(O)OCC(O)COP(=O)(O)OCC(COC(=O)CCCCCCC/C=C\C/C=C\C/C=C\CC)OC(=O)CCCCCCC/C=C\C/C=C\C/C=C\CC)OC(=O)CCCCCCCCCCCCCCCCC. The van der Waals surface area contributed by atoms with Gasteiger partial charge in [-0.3, -0.25) is 37.3 Å². The first-order valence-corrected chi connectivity index (χ1v) is 41.8. The van der Waals surface area contributed by atoms with E-state index in [1.54, 1.807) is 0 Å². The lowest BCUT2D eigenvalue weighted by Gasteiger charge is -2.21. The minimum Gasteiger partial charge on any atom is -0.462 e. The van der Waals surface area contributed by atoms with Crippen LogP contribution >= 0.6 is 15.6 Å². The summed E-state index contributed by atoms with van der Waals surface area (Å²) in [6, 6.07) is 0. The largest absolute Gasteiger partial charge is 0.472 e. The van der Waals surface area contributed by atoms with Crippen LogP contribution in [-0.4, -0.2) is 96.7 Å². The van der Waals surface area contributed by atoms with Crippen molar-refractivity contribution >= 4 is 39.5 Å². The molecule has 0 heterocycles. The standard InChI is InChI=1S/C81H138O17P2/c1-5-9-13-17-21-25-29-33-37-41-45-49-53-57-61-65-78(83)91-71-76(97-80(85)67-63-59-55-51-47-43-39-35-31-27-23-19-15-11-7-3)73-95-99(87,88)93-69-75(82)70-94-100(89,90)96-74-77(98-81(86)68-64-60-56-52-48-44-40-36-32-28-24-20-16-12-8-4)72-92-79(84)66-62-58-54-50-46-42-38-34-30-26-22-18-14-10-6-2/h9-11,13-15,21-23,25-27,33-35,37-39,46,50,75-77,82H,5-8,12,16-20,24,28-32,36,40-45,47-49,51-74H2,1-4H3,(H,87,88)(H,89,90)/b13-9-,14-10-,15-11-,25-21-,26-22-,27-23-,37-33-,38-34-,39-35-,50-46-. The third kappa shape index (κ3) is 71.8. The van der Waals surface area contributed by atoms with E-state index >= 15 is 0 Å². The van der Waals surface area contributed by atoms with Crippen LogP contribution in [0.1, 0.15) is 310 Å². The molecule has 19 heteroatoms. The lowest BCUT2D eigenvalue weighted by molar-refractivity contribution is -0.161. The zero-order valence-electron chi connectivity index (χ0n) is 62.6. The van der Waals surface area contributed by atoms with E-state index in [-0.39, 0.29) is 25.7 Å². The molecule has 0 aromatic carbocycles. The van der Waals surface area contributed by atoms with E-state index in [9.17, 15) is 43.2 Å². The van der Waals surface area contributed by atoms with Crippen LogP contribution in [0.2, 0.25) is 0 Å². The fraction of sp³-hybridized carbons (Fsp3) is 0.704. The molecule has 0 saturated carbocycles. The Kier molecular flexibility index (Phi) is 69.5.